The van der Waals surface area contributed by atoms with Crippen molar-refractivity contribution in [3.63, 3.8) is 0 Å². The standard InChI is InChI=1S/C9H18N6/c1-7(15-9-12-4-5-13-9)6-14-8-10-2-3-11-8/h7H,2-6H2,1H3,(H2,10,11,14)(H2,12,13,15). The fraction of sp³-hybridized carbons (Fsp3) is 0.778. The maximum Gasteiger partial charge on any atom is 0.191 e. The number of rotatable bonds is 3. The molecule has 0 spiro atoms. The van der Waals surface area contributed by atoms with Crippen molar-refractivity contribution in [3.05, 3.63) is 0 Å². The van der Waals surface area contributed by atoms with Gasteiger partial charge in [-0.3, -0.25) is 9.98 Å². The minimum atomic E-state index is 0.333. The molecule has 2 rings (SSSR count). The van der Waals surface area contributed by atoms with Crippen LogP contribution in [0.4, 0.5) is 0 Å². The van der Waals surface area contributed by atoms with Crippen molar-refractivity contribution in [2.45, 2.75) is 13.0 Å². The Bertz CT molecular complexity index is 272. The first-order valence-electron chi connectivity index (χ1n) is 5.41. The Morgan fingerprint density at radius 1 is 1.20 bits per heavy atom. The Balaban J connectivity index is 1.65. The number of aliphatic imine (C=N–C) groups is 2. The molecule has 2 heterocycles. The van der Waals surface area contributed by atoms with E-state index in [1.807, 2.05) is 0 Å². The summed E-state index contributed by atoms with van der Waals surface area (Å²) in [6.45, 7) is 6.59. The van der Waals surface area contributed by atoms with E-state index in [9.17, 15) is 0 Å². The minimum Gasteiger partial charge on any atom is -0.355 e. The lowest BCUT2D eigenvalue weighted by molar-refractivity contribution is 0.627. The predicted octanol–water partition coefficient (Wildman–Crippen LogP) is -1.53. The van der Waals surface area contributed by atoms with Crippen LogP contribution in [-0.4, -0.2) is 50.7 Å². The first-order valence-corrected chi connectivity index (χ1v) is 5.41. The van der Waals surface area contributed by atoms with Crippen molar-refractivity contribution in [1.82, 2.24) is 21.3 Å². The number of nitrogens with zero attached hydrogens (tertiary/aromatic N) is 2. The fourth-order valence-electron chi connectivity index (χ4n) is 1.55. The molecule has 4 N–H and O–H groups in total. The number of guanidine groups is 2. The van der Waals surface area contributed by atoms with Crippen LogP contribution in [0.2, 0.25) is 0 Å². The van der Waals surface area contributed by atoms with Gasteiger partial charge in [-0.15, -0.1) is 0 Å². The normalized spacial score (nSPS) is 21.1. The lowest BCUT2D eigenvalue weighted by Gasteiger charge is -2.16. The average Bonchev–Trinajstić information content (AvgIpc) is 2.86. The zero-order chi connectivity index (χ0) is 10.5. The molecule has 84 valence electrons. The van der Waals surface area contributed by atoms with E-state index >= 15 is 0 Å². The largest absolute Gasteiger partial charge is 0.355 e. The summed E-state index contributed by atoms with van der Waals surface area (Å²) in [6, 6.07) is 0.333. The zero-order valence-electron chi connectivity index (χ0n) is 9.01. The van der Waals surface area contributed by atoms with Crippen LogP contribution in [0.3, 0.4) is 0 Å². The van der Waals surface area contributed by atoms with Crippen LogP contribution in [0.5, 0.6) is 0 Å². The summed E-state index contributed by atoms with van der Waals surface area (Å²) in [7, 11) is 0. The van der Waals surface area contributed by atoms with Crippen molar-refractivity contribution >= 4 is 11.9 Å². The topological polar surface area (TPSA) is 72.8 Å². The maximum atomic E-state index is 4.28. The second kappa shape index (κ2) is 4.86. The van der Waals surface area contributed by atoms with Crippen LogP contribution in [0.15, 0.2) is 9.98 Å². The summed E-state index contributed by atoms with van der Waals surface area (Å²) in [4.78, 5) is 8.54. The van der Waals surface area contributed by atoms with Gasteiger partial charge in [0.05, 0.1) is 13.1 Å². The first-order chi connectivity index (χ1) is 7.34. The molecular formula is C9H18N6. The summed E-state index contributed by atoms with van der Waals surface area (Å²) in [5.74, 6) is 1.82. The Kier molecular flexibility index (Phi) is 3.26. The molecule has 0 fully saturated rings. The van der Waals surface area contributed by atoms with E-state index in [-0.39, 0.29) is 0 Å². The monoisotopic (exact) mass is 210 g/mol. The molecular weight excluding hydrogens is 192 g/mol. The van der Waals surface area contributed by atoms with Gasteiger partial charge in [-0.1, -0.05) is 0 Å². The number of nitrogens with one attached hydrogen (secondary N) is 4. The summed E-state index contributed by atoms with van der Waals surface area (Å²) in [5.41, 5.74) is 0. The summed E-state index contributed by atoms with van der Waals surface area (Å²) in [5, 5.41) is 12.9. The van der Waals surface area contributed by atoms with Gasteiger partial charge in [0.2, 0.25) is 0 Å². The molecule has 0 aliphatic carbocycles. The molecule has 0 aromatic carbocycles. The highest BCUT2D eigenvalue weighted by Gasteiger charge is 2.10. The number of hydrogen-bond donors (Lipinski definition) is 4. The minimum absolute atomic E-state index is 0.333. The van der Waals surface area contributed by atoms with Crippen LogP contribution < -0.4 is 21.3 Å². The predicted molar refractivity (Wildman–Crippen MR) is 61.2 cm³/mol. The third-order valence-electron chi connectivity index (χ3n) is 2.31. The maximum absolute atomic E-state index is 4.28. The zero-order valence-corrected chi connectivity index (χ0v) is 9.01. The van der Waals surface area contributed by atoms with Gasteiger partial charge in [-0.25, -0.2) is 0 Å². The molecule has 1 atom stereocenters. The molecule has 6 nitrogen and oxygen atoms in total. The molecule has 0 saturated carbocycles. The first kappa shape index (κ1) is 10.1. The highest BCUT2D eigenvalue weighted by molar-refractivity contribution is 5.82. The Morgan fingerprint density at radius 3 is 2.47 bits per heavy atom. The van der Waals surface area contributed by atoms with E-state index in [1.165, 1.54) is 0 Å². The fourth-order valence-corrected chi connectivity index (χ4v) is 1.55. The Labute approximate surface area is 89.6 Å². The molecule has 15 heavy (non-hydrogen) atoms. The SMILES string of the molecule is CC(CNC1=NCCN1)NC1=NCCN1. The van der Waals surface area contributed by atoms with Crippen molar-refractivity contribution in [1.29, 1.82) is 0 Å². The highest BCUT2D eigenvalue weighted by Crippen LogP contribution is 1.86. The summed E-state index contributed by atoms with van der Waals surface area (Å²) in [6.07, 6.45) is 0. The van der Waals surface area contributed by atoms with E-state index < -0.39 is 0 Å². The lowest BCUT2D eigenvalue weighted by Crippen LogP contribution is -2.47. The van der Waals surface area contributed by atoms with Crippen LogP contribution in [0.25, 0.3) is 0 Å². The highest BCUT2D eigenvalue weighted by atomic mass is 15.3. The molecule has 0 radical (unpaired) electrons. The van der Waals surface area contributed by atoms with Crippen LogP contribution in [0.1, 0.15) is 6.92 Å². The smallest absolute Gasteiger partial charge is 0.191 e. The average molecular weight is 210 g/mol. The molecule has 0 saturated heterocycles. The van der Waals surface area contributed by atoms with Crippen molar-refractivity contribution in [2.24, 2.45) is 9.98 Å². The van der Waals surface area contributed by atoms with Crippen LogP contribution in [-0.2, 0) is 0 Å². The third kappa shape index (κ3) is 3.00. The second-order valence-corrected chi connectivity index (χ2v) is 3.74. The summed E-state index contributed by atoms with van der Waals surface area (Å²) < 4.78 is 0. The third-order valence-corrected chi connectivity index (χ3v) is 2.31. The molecule has 0 aromatic rings. The van der Waals surface area contributed by atoms with Crippen molar-refractivity contribution in [2.75, 3.05) is 32.7 Å². The molecule has 0 bridgehead atoms. The summed E-state index contributed by atoms with van der Waals surface area (Å²) >= 11 is 0. The van der Waals surface area contributed by atoms with E-state index in [0.29, 0.717) is 6.04 Å². The van der Waals surface area contributed by atoms with Crippen LogP contribution in [0, 0.1) is 0 Å². The van der Waals surface area contributed by atoms with Crippen LogP contribution >= 0.6 is 0 Å². The molecule has 2 aliphatic heterocycles. The molecule has 0 amide bonds. The molecule has 1 unspecified atom stereocenters. The van der Waals surface area contributed by atoms with Crippen molar-refractivity contribution in [3.8, 4) is 0 Å². The van der Waals surface area contributed by atoms with Gasteiger partial charge in [0.15, 0.2) is 11.9 Å². The van der Waals surface area contributed by atoms with Gasteiger partial charge in [0.1, 0.15) is 0 Å². The van der Waals surface area contributed by atoms with E-state index in [2.05, 4.69) is 38.2 Å². The number of hydrogen-bond acceptors (Lipinski definition) is 6. The van der Waals surface area contributed by atoms with Gasteiger partial charge in [0.25, 0.3) is 0 Å². The quantitative estimate of drug-likeness (QED) is 0.456. The molecule has 2 aliphatic rings. The lowest BCUT2D eigenvalue weighted by atomic mass is 10.3. The van der Waals surface area contributed by atoms with Gasteiger partial charge in [-0.05, 0) is 6.92 Å². The van der Waals surface area contributed by atoms with Gasteiger partial charge >= 0.3 is 0 Å². The Hall–Kier alpha value is -1.46. The van der Waals surface area contributed by atoms with E-state index in [1.54, 1.807) is 0 Å². The second-order valence-electron chi connectivity index (χ2n) is 3.74. The Morgan fingerprint density at radius 2 is 1.87 bits per heavy atom. The molecule has 0 aromatic heterocycles. The van der Waals surface area contributed by atoms with E-state index in [4.69, 9.17) is 0 Å². The van der Waals surface area contributed by atoms with Gasteiger partial charge < -0.3 is 21.3 Å². The van der Waals surface area contributed by atoms with E-state index in [0.717, 1.165) is 44.6 Å². The van der Waals surface area contributed by atoms with Crippen molar-refractivity contribution < 1.29 is 0 Å². The molecule has 6 heteroatoms. The van der Waals surface area contributed by atoms with Gasteiger partial charge in [-0.2, -0.15) is 0 Å². The van der Waals surface area contributed by atoms with Gasteiger partial charge in [0, 0.05) is 25.7 Å².